The zero-order valence-corrected chi connectivity index (χ0v) is 17.9. The second kappa shape index (κ2) is 9.51. The van der Waals surface area contributed by atoms with E-state index in [1.54, 1.807) is 6.07 Å². The van der Waals surface area contributed by atoms with Gasteiger partial charge >= 0.3 is 0 Å². The molecule has 2 heterocycles. The Morgan fingerprint density at radius 1 is 1.38 bits per heavy atom. The number of sulfonamides is 1. The molecule has 1 aromatic heterocycles. The zero-order chi connectivity index (χ0) is 21.0. The largest absolute Gasteiger partial charge is 0.395 e. The van der Waals surface area contributed by atoms with Gasteiger partial charge in [-0.1, -0.05) is 12.1 Å². The lowest BCUT2D eigenvalue weighted by atomic mass is 9.91. The molecule has 1 fully saturated rings. The Morgan fingerprint density at radius 2 is 2.10 bits per heavy atom. The summed E-state index contributed by atoms with van der Waals surface area (Å²) in [6.45, 7) is 6.51. The Kier molecular flexibility index (Phi) is 7.26. The number of benzene rings is 1. The molecule has 0 spiro atoms. The van der Waals surface area contributed by atoms with Crippen LogP contribution in [-0.4, -0.2) is 72.5 Å². The molecule has 1 aliphatic heterocycles. The molecule has 1 N–H and O–H groups in total. The van der Waals surface area contributed by atoms with Crippen molar-refractivity contribution in [3.05, 3.63) is 29.7 Å². The van der Waals surface area contributed by atoms with Crippen LogP contribution < -0.4 is 0 Å². The molecule has 0 radical (unpaired) electrons. The van der Waals surface area contributed by atoms with E-state index in [0.29, 0.717) is 18.7 Å². The maximum atomic E-state index is 13.3. The third kappa shape index (κ3) is 4.96. The van der Waals surface area contributed by atoms with Gasteiger partial charge in [0.1, 0.15) is 5.82 Å². The Labute approximate surface area is 171 Å². The number of likely N-dealkylation sites (tertiary alicyclic amines) is 1. The number of halogens is 1. The van der Waals surface area contributed by atoms with Gasteiger partial charge in [0.15, 0.2) is 5.58 Å². The van der Waals surface area contributed by atoms with Crippen molar-refractivity contribution in [3.63, 3.8) is 0 Å². The van der Waals surface area contributed by atoms with E-state index < -0.39 is 15.3 Å². The van der Waals surface area contributed by atoms with Crippen LogP contribution in [0.4, 0.5) is 4.39 Å². The van der Waals surface area contributed by atoms with E-state index in [1.165, 1.54) is 23.4 Å². The number of aliphatic hydroxyl groups is 1. The number of nitrogens with zero attached hydrogens (tertiary/aromatic N) is 3. The van der Waals surface area contributed by atoms with Crippen LogP contribution in [-0.2, 0) is 10.0 Å². The normalized spacial score (nSPS) is 18.0. The van der Waals surface area contributed by atoms with E-state index in [1.807, 2.05) is 6.92 Å². The number of hydrogen-bond donors (Lipinski definition) is 1. The van der Waals surface area contributed by atoms with Crippen LogP contribution in [0.3, 0.4) is 0 Å². The van der Waals surface area contributed by atoms with Crippen LogP contribution in [0, 0.1) is 5.82 Å². The van der Waals surface area contributed by atoms with Gasteiger partial charge < -0.3 is 14.5 Å². The second-order valence-corrected chi connectivity index (χ2v) is 10.1. The van der Waals surface area contributed by atoms with Gasteiger partial charge in [-0.05, 0) is 58.0 Å². The molecule has 1 aromatic carbocycles. The van der Waals surface area contributed by atoms with Crippen molar-refractivity contribution in [3.8, 4) is 0 Å². The number of aromatic nitrogens is 1. The van der Waals surface area contributed by atoms with Crippen LogP contribution in [0.2, 0.25) is 0 Å². The molecular weight excluding hydrogens is 397 g/mol. The average Bonchev–Trinajstić information content (AvgIpc) is 3.13. The molecule has 162 valence electrons. The van der Waals surface area contributed by atoms with Gasteiger partial charge in [-0.15, -0.1) is 0 Å². The van der Waals surface area contributed by atoms with Crippen molar-refractivity contribution in [2.45, 2.75) is 44.3 Å². The summed E-state index contributed by atoms with van der Waals surface area (Å²) in [5, 5.41) is 13.5. The molecule has 1 unspecified atom stereocenters. The number of aliphatic hydroxyl groups excluding tert-OH is 1. The van der Waals surface area contributed by atoms with E-state index in [4.69, 9.17) is 4.52 Å². The van der Waals surface area contributed by atoms with Crippen molar-refractivity contribution in [2.75, 3.05) is 39.3 Å². The minimum Gasteiger partial charge on any atom is -0.395 e. The number of fused-ring (bicyclic) bond motifs is 1. The summed E-state index contributed by atoms with van der Waals surface area (Å²) in [5.41, 5.74) is 1.39. The van der Waals surface area contributed by atoms with Crippen molar-refractivity contribution >= 4 is 21.0 Å². The lowest BCUT2D eigenvalue weighted by Crippen LogP contribution is -2.41. The Bertz CT molecular complexity index is 910. The van der Waals surface area contributed by atoms with Crippen LogP contribution >= 0.6 is 0 Å². The van der Waals surface area contributed by atoms with Crippen LogP contribution in [0.15, 0.2) is 22.7 Å². The van der Waals surface area contributed by atoms with Crippen LogP contribution in [0.25, 0.3) is 11.0 Å². The Balaban J connectivity index is 1.50. The maximum absolute atomic E-state index is 13.3. The topological polar surface area (TPSA) is 86.9 Å². The van der Waals surface area contributed by atoms with Gasteiger partial charge in [-0.2, -0.15) is 0 Å². The third-order valence-electron chi connectivity index (χ3n) is 5.80. The molecule has 1 saturated heterocycles. The van der Waals surface area contributed by atoms with Crippen molar-refractivity contribution in [1.82, 2.24) is 14.4 Å². The van der Waals surface area contributed by atoms with Gasteiger partial charge in [0.2, 0.25) is 10.0 Å². The van der Waals surface area contributed by atoms with E-state index in [9.17, 15) is 17.9 Å². The smallest absolute Gasteiger partial charge is 0.218 e. The monoisotopic (exact) mass is 427 g/mol. The minimum atomic E-state index is -3.45. The van der Waals surface area contributed by atoms with Gasteiger partial charge in [0.25, 0.3) is 0 Å². The number of rotatable bonds is 9. The molecular formula is C20H30FN3O4S. The first kappa shape index (κ1) is 22.1. The first-order valence-corrected chi connectivity index (χ1v) is 11.7. The summed E-state index contributed by atoms with van der Waals surface area (Å²) >= 11 is 0. The van der Waals surface area contributed by atoms with Crippen molar-refractivity contribution in [2.24, 2.45) is 0 Å². The highest BCUT2D eigenvalue weighted by molar-refractivity contribution is 7.89. The summed E-state index contributed by atoms with van der Waals surface area (Å²) in [4.78, 5) is 2.34. The summed E-state index contributed by atoms with van der Waals surface area (Å²) < 4.78 is 44.9. The number of hydrogen-bond acceptors (Lipinski definition) is 6. The van der Waals surface area contributed by atoms with E-state index in [0.717, 1.165) is 50.0 Å². The zero-order valence-electron chi connectivity index (χ0n) is 17.1. The maximum Gasteiger partial charge on any atom is 0.218 e. The quantitative estimate of drug-likeness (QED) is 0.662. The molecule has 1 aliphatic rings. The van der Waals surface area contributed by atoms with E-state index in [-0.39, 0.29) is 18.3 Å². The first-order chi connectivity index (χ1) is 13.9. The summed E-state index contributed by atoms with van der Waals surface area (Å²) in [7, 11) is -3.45. The fraction of sp³-hybridized carbons (Fsp3) is 0.650. The summed E-state index contributed by atoms with van der Waals surface area (Å²) in [5.74, 6) is -0.0394. The molecule has 3 rings (SSSR count). The predicted octanol–water partition coefficient (Wildman–Crippen LogP) is 2.57. The summed E-state index contributed by atoms with van der Waals surface area (Å²) in [6, 6.07) is 4.53. The fourth-order valence-corrected chi connectivity index (χ4v) is 5.38. The molecule has 0 amide bonds. The number of piperidine rings is 1. The van der Waals surface area contributed by atoms with Crippen molar-refractivity contribution in [1.29, 1.82) is 0 Å². The highest BCUT2D eigenvalue weighted by Gasteiger charge is 2.28. The van der Waals surface area contributed by atoms with Crippen LogP contribution in [0.1, 0.15) is 44.7 Å². The SMILES string of the molecule is CCN(CCCN1CCC(c2noc3cc(F)ccc23)CC1)S(=O)(=O)C(C)CO. The van der Waals surface area contributed by atoms with Gasteiger partial charge in [-0.25, -0.2) is 17.1 Å². The standard InChI is InChI=1S/C20H30FN3O4S/c1-3-24(29(26,27)15(2)14-25)10-4-9-23-11-7-16(8-12-23)20-18-6-5-17(21)13-19(18)28-22-20/h5-6,13,15-16,25H,3-4,7-12,14H2,1-2H3. The molecule has 0 bridgehead atoms. The average molecular weight is 428 g/mol. The Morgan fingerprint density at radius 3 is 2.76 bits per heavy atom. The lowest BCUT2D eigenvalue weighted by Gasteiger charge is -2.32. The lowest BCUT2D eigenvalue weighted by molar-refractivity contribution is 0.202. The molecule has 1 atom stereocenters. The first-order valence-electron chi connectivity index (χ1n) is 10.2. The molecule has 2 aromatic rings. The minimum absolute atomic E-state index is 0.288. The van der Waals surface area contributed by atoms with Gasteiger partial charge in [0, 0.05) is 30.5 Å². The fourth-order valence-electron chi connectivity index (χ4n) is 3.94. The van der Waals surface area contributed by atoms with Gasteiger partial charge in [0.05, 0.1) is 17.6 Å². The van der Waals surface area contributed by atoms with Crippen LogP contribution in [0.5, 0.6) is 0 Å². The molecule has 0 saturated carbocycles. The molecule has 0 aliphatic carbocycles. The molecule has 7 nitrogen and oxygen atoms in total. The highest BCUT2D eigenvalue weighted by Crippen LogP contribution is 2.32. The summed E-state index contributed by atoms with van der Waals surface area (Å²) in [6.07, 6.45) is 2.63. The molecule has 9 heteroatoms. The van der Waals surface area contributed by atoms with Crippen molar-refractivity contribution < 1.29 is 22.4 Å². The highest BCUT2D eigenvalue weighted by atomic mass is 32.2. The van der Waals surface area contributed by atoms with E-state index >= 15 is 0 Å². The third-order valence-corrected chi connectivity index (χ3v) is 8.12. The Hall–Kier alpha value is -1.55. The predicted molar refractivity (Wildman–Crippen MR) is 110 cm³/mol. The second-order valence-electron chi connectivity index (χ2n) is 7.71. The molecule has 29 heavy (non-hydrogen) atoms. The van der Waals surface area contributed by atoms with Gasteiger partial charge in [-0.3, -0.25) is 0 Å². The van der Waals surface area contributed by atoms with E-state index in [2.05, 4.69) is 10.1 Å².